The van der Waals surface area contributed by atoms with E-state index in [1.165, 1.54) is 0 Å². The Morgan fingerprint density at radius 1 is 0.950 bits per heavy atom. The minimum Gasteiger partial charge on any atom is -0.455 e. The molecule has 3 rings (SSSR count). The molecule has 5 heteroatoms. The molecule has 0 radical (unpaired) electrons. The van der Waals surface area contributed by atoms with E-state index in [9.17, 15) is 0 Å². The summed E-state index contributed by atoms with van der Waals surface area (Å²) >= 11 is 14.6. The first-order valence-corrected chi connectivity index (χ1v) is 7.65. The van der Waals surface area contributed by atoms with Crippen LogP contribution >= 0.6 is 45.8 Å². The van der Waals surface area contributed by atoms with Gasteiger partial charge in [0.05, 0.1) is 15.6 Å². The highest BCUT2D eigenvalue weighted by Crippen LogP contribution is 2.36. The number of para-hydroxylation sites is 1. The van der Waals surface area contributed by atoms with Crippen molar-refractivity contribution in [1.82, 2.24) is 4.98 Å². The van der Waals surface area contributed by atoms with Crippen molar-refractivity contribution in [3.63, 3.8) is 0 Å². The maximum atomic E-state index is 6.25. The third kappa shape index (κ3) is 2.57. The largest absolute Gasteiger partial charge is 0.455 e. The smallest absolute Gasteiger partial charge is 0.147 e. The van der Waals surface area contributed by atoms with Crippen molar-refractivity contribution in [2.24, 2.45) is 0 Å². The first kappa shape index (κ1) is 13.9. The van der Waals surface area contributed by atoms with Gasteiger partial charge in [0.2, 0.25) is 0 Å². The van der Waals surface area contributed by atoms with Crippen molar-refractivity contribution in [3.05, 3.63) is 62.3 Å². The Hall–Kier alpha value is -1.04. The summed E-state index contributed by atoms with van der Waals surface area (Å²) in [4.78, 5) is 4.28. The molecule has 0 aliphatic carbocycles. The zero-order chi connectivity index (χ0) is 14.1. The fourth-order valence-electron chi connectivity index (χ4n) is 1.88. The molecule has 3 aromatic rings. The molecule has 1 heterocycles. The minimum absolute atomic E-state index is 0.597. The number of ether oxygens (including phenoxy) is 1. The lowest BCUT2D eigenvalue weighted by Crippen LogP contribution is -1.90. The Morgan fingerprint density at radius 2 is 1.75 bits per heavy atom. The molecule has 0 amide bonds. The Balaban J connectivity index is 2.12. The van der Waals surface area contributed by atoms with Crippen molar-refractivity contribution >= 4 is 56.7 Å². The average molecular weight is 416 g/mol. The van der Waals surface area contributed by atoms with Crippen LogP contribution in [0.1, 0.15) is 0 Å². The summed E-state index contributed by atoms with van der Waals surface area (Å²) in [6.45, 7) is 0. The molecule has 0 unspecified atom stereocenters. The minimum atomic E-state index is 0.597. The summed E-state index contributed by atoms with van der Waals surface area (Å²) in [5, 5.41) is 2.05. The first-order valence-electron chi connectivity index (χ1n) is 5.82. The highest BCUT2D eigenvalue weighted by atomic mass is 127. The van der Waals surface area contributed by atoms with E-state index < -0.39 is 0 Å². The van der Waals surface area contributed by atoms with Crippen LogP contribution in [0, 0.1) is 3.57 Å². The van der Waals surface area contributed by atoms with E-state index in [4.69, 9.17) is 27.9 Å². The van der Waals surface area contributed by atoms with E-state index in [1.54, 1.807) is 18.3 Å². The van der Waals surface area contributed by atoms with Crippen molar-refractivity contribution < 1.29 is 4.74 Å². The van der Waals surface area contributed by atoms with Crippen molar-refractivity contribution in [3.8, 4) is 11.5 Å². The number of hydrogen-bond acceptors (Lipinski definition) is 2. The molecule has 0 spiro atoms. The summed E-state index contributed by atoms with van der Waals surface area (Å²) in [7, 11) is 0. The van der Waals surface area contributed by atoms with Crippen LogP contribution in [0.4, 0.5) is 0 Å². The molecule has 0 bridgehead atoms. The maximum absolute atomic E-state index is 6.25. The second-order valence-corrected chi connectivity index (χ2v) is 6.05. The average Bonchev–Trinajstić information content (AvgIpc) is 2.45. The molecule has 100 valence electrons. The Bertz CT molecular complexity index is 792. The number of rotatable bonds is 2. The number of hydrogen-bond donors (Lipinski definition) is 0. The van der Waals surface area contributed by atoms with Crippen LogP contribution in [-0.2, 0) is 0 Å². The van der Waals surface area contributed by atoms with Crippen molar-refractivity contribution in [2.75, 3.05) is 0 Å². The number of aromatic nitrogens is 1. The van der Waals surface area contributed by atoms with E-state index in [0.717, 1.165) is 8.96 Å². The van der Waals surface area contributed by atoms with Gasteiger partial charge in [-0.15, -0.1) is 0 Å². The van der Waals surface area contributed by atoms with Crippen LogP contribution in [0.3, 0.4) is 0 Å². The van der Waals surface area contributed by atoms with Gasteiger partial charge >= 0.3 is 0 Å². The first-order chi connectivity index (χ1) is 9.66. The molecule has 0 fully saturated rings. The lowest BCUT2D eigenvalue weighted by Gasteiger charge is -2.11. The predicted molar refractivity (Wildman–Crippen MR) is 91.0 cm³/mol. The van der Waals surface area contributed by atoms with Gasteiger partial charge in [0.15, 0.2) is 0 Å². The zero-order valence-corrected chi connectivity index (χ0v) is 13.8. The van der Waals surface area contributed by atoms with Crippen LogP contribution in [0.25, 0.3) is 10.9 Å². The summed E-state index contributed by atoms with van der Waals surface area (Å²) in [6.07, 6.45) is 1.67. The Morgan fingerprint density at radius 3 is 2.60 bits per heavy atom. The Labute approximate surface area is 139 Å². The number of benzene rings is 2. The van der Waals surface area contributed by atoms with Crippen molar-refractivity contribution in [1.29, 1.82) is 0 Å². The fraction of sp³-hybridized carbons (Fsp3) is 0. The molecule has 0 aliphatic rings. The summed E-state index contributed by atoms with van der Waals surface area (Å²) in [5.74, 6) is 1.30. The van der Waals surface area contributed by atoms with Gasteiger partial charge in [0, 0.05) is 15.2 Å². The third-order valence-electron chi connectivity index (χ3n) is 2.82. The molecule has 0 saturated heterocycles. The number of nitrogens with zero attached hydrogens (tertiary/aromatic N) is 1. The molecule has 0 saturated carbocycles. The molecule has 0 aliphatic heterocycles. The Kier molecular flexibility index (Phi) is 4.01. The van der Waals surface area contributed by atoms with Gasteiger partial charge in [-0.3, -0.25) is 4.98 Å². The molecule has 1 aromatic heterocycles. The van der Waals surface area contributed by atoms with Crippen LogP contribution in [0.5, 0.6) is 11.5 Å². The van der Waals surface area contributed by atoms with Gasteiger partial charge in [-0.25, -0.2) is 0 Å². The summed E-state index contributed by atoms with van der Waals surface area (Å²) < 4.78 is 6.87. The second kappa shape index (κ2) is 5.76. The van der Waals surface area contributed by atoms with Crippen LogP contribution < -0.4 is 4.74 Å². The summed E-state index contributed by atoms with van der Waals surface area (Å²) in [6, 6.07) is 13.1. The molecular weight excluding hydrogens is 408 g/mol. The highest BCUT2D eigenvalue weighted by Gasteiger charge is 2.10. The van der Waals surface area contributed by atoms with E-state index in [2.05, 4.69) is 27.6 Å². The van der Waals surface area contributed by atoms with Gasteiger partial charge in [0.25, 0.3) is 0 Å². The fourth-order valence-corrected chi connectivity index (χ4v) is 2.75. The highest BCUT2D eigenvalue weighted by molar-refractivity contribution is 14.1. The standard InChI is InChI=1S/C15H8Cl2INO/c16-10-4-1-3-9-12(7-8-19-15(9)10)20-13-6-2-5-11(18)14(13)17/h1-8H. The molecular formula is C15H8Cl2INO. The molecule has 20 heavy (non-hydrogen) atoms. The third-order valence-corrected chi connectivity index (χ3v) is 4.73. The van der Waals surface area contributed by atoms with Crippen LogP contribution in [0.2, 0.25) is 10.0 Å². The van der Waals surface area contributed by atoms with E-state index >= 15 is 0 Å². The number of pyridine rings is 1. The quantitative estimate of drug-likeness (QED) is 0.483. The van der Waals surface area contributed by atoms with Crippen LogP contribution in [0.15, 0.2) is 48.7 Å². The maximum Gasteiger partial charge on any atom is 0.147 e. The number of fused-ring (bicyclic) bond motifs is 1. The molecule has 0 N–H and O–H groups in total. The lowest BCUT2D eigenvalue weighted by atomic mass is 10.2. The van der Waals surface area contributed by atoms with Crippen LogP contribution in [-0.4, -0.2) is 4.98 Å². The topological polar surface area (TPSA) is 22.1 Å². The predicted octanol–water partition coefficient (Wildman–Crippen LogP) is 5.94. The monoisotopic (exact) mass is 415 g/mol. The van der Waals surface area contributed by atoms with Gasteiger partial charge < -0.3 is 4.74 Å². The van der Waals surface area contributed by atoms with Crippen molar-refractivity contribution in [2.45, 2.75) is 0 Å². The number of halogens is 3. The van der Waals surface area contributed by atoms with E-state index in [0.29, 0.717) is 27.1 Å². The van der Waals surface area contributed by atoms with Gasteiger partial charge in [-0.1, -0.05) is 35.3 Å². The summed E-state index contributed by atoms with van der Waals surface area (Å²) in [5.41, 5.74) is 0.716. The lowest BCUT2D eigenvalue weighted by molar-refractivity contribution is 0.488. The van der Waals surface area contributed by atoms with Gasteiger partial charge in [0.1, 0.15) is 11.5 Å². The normalized spacial score (nSPS) is 10.8. The molecule has 0 atom stereocenters. The van der Waals surface area contributed by atoms with E-state index in [1.807, 2.05) is 30.3 Å². The van der Waals surface area contributed by atoms with Gasteiger partial charge in [-0.2, -0.15) is 0 Å². The molecule has 2 aromatic carbocycles. The second-order valence-electron chi connectivity index (χ2n) is 4.10. The van der Waals surface area contributed by atoms with Gasteiger partial charge in [-0.05, 0) is 52.9 Å². The SMILES string of the molecule is Clc1c(I)cccc1Oc1ccnc2c(Cl)cccc12. The van der Waals surface area contributed by atoms with E-state index in [-0.39, 0.29) is 0 Å². The molecule has 2 nitrogen and oxygen atoms in total. The zero-order valence-electron chi connectivity index (χ0n) is 10.1.